The summed E-state index contributed by atoms with van der Waals surface area (Å²) in [6.07, 6.45) is 0. The molecule has 22 heavy (non-hydrogen) atoms. The number of nitrogens with two attached hydrogens (primary N) is 1. The average Bonchev–Trinajstić information content (AvgIpc) is 2.56. The van der Waals surface area contributed by atoms with E-state index < -0.39 is 28.5 Å². The summed E-state index contributed by atoms with van der Waals surface area (Å²) in [7, 11) is -3.34. The molecule has 0 radical (unpaired) electrons. The van der Waals surface area contributed by atoms with Crippen LogP contribution >= 0.6 is 0 Å². The highest BCUT2D eigenvalue weighted by Gasteiger charge is 2.15. The molecule has 4 N–H and O–H groups in total. The van der Waals surface area contributed by atoms with Crippen LogP contribution in [0.1, 0.15) is 0 Å². The van der Waals surface area contributed by atoms with E-state index in [1.165, 1.54) is 0 Å². The van der Waals surface area contributed by atoms with Gasteiger partial charge in [0.15, 0.2) is 0 Å². The lowest BCUT2D eigenvalue weighted by Gasteiger charge is -2.03. The molecular weight excluding hydrogens is 306 g/mol. The number of carbonyl (C=O) groups is 1. The SMILES string of the molecule is N[C@@H](CO)C(=O)O.O=S(=O)(c1ccccc1)c1ccccc1. The van der Waals surface area contributed by atoms with Crippen molar-refractivity contribution in [2.24, 2.45) is 5.73 Å². The van der Waals surface area contributed by atoms with E-state index in [1.807, 2.05) is 0 Å². The normalized spacial score (nSPS) is 11.9. The highest BCUT2D eigenvalue weighted by atomic mass is 32.2. The average molecular weight is 323 g/mol. The second kappa shape index (κ2) is 8.28. The van der Waals surface area contributed by atoms with Crippen molar-refractivity contribution in [3.63, 3.8) is 0 Å². The summed E-state index contributed by atoms with van der Waals surface area (Å²) in [5.74, 6) is -1.18. The molecule has 6 nitrogen and oxygen atoms in total. The van der Waals surface area contributed by atoms with Gasteiger partial charge in [-0.2, -0.15) is 0 Å². The smallest absolute Gasteiger partial charge is 0.322 e. The van der Waals surface area contributed by atoms with Crippen molar-refractivity contribution in [3.8, 4) is 0 Å². The van der Waals surface area contributed by atoms with Gasteiger partial charge in [-0.25, -0.2) is 8.42 Å². The molecule has 0 aliphatic rings. The Labute approximate surface area is 128 Å². The van der Waals surface area contributed by atoms with E-state index in [-0.39, 0.29) is 0 Å². The first-order valence-electron chi connectivity index (χ1n) is 6.34. The minimum atomic E-state index is -3.34. The van der Waals surface area contributed by atoms with Crippen LogP contribution in [0.5, 0.6) is 0 Å². The van der Waals surface area contributed by atoms with Gasteiger partial charge in [-0.15, -0.1) is 0 Å². The largest absolute Gasteiger partial charge is 0.480 e. The molecule has 0 aromatic heterocycles. The highest BCUT2D eigenvalue weighted by molar-refractivity contribution is 7.91. The lowest BCUT2D eigenvalue weighted by molar-refractivity contribution is -0.139. The zero-order valence-electron chi connectivity index (χ0n) is 11.7. The van der Waals surface area contributed by atoms with Gasteiger partial charge in [0.25, 0.3) is 0 Å². The monoisotopic (exact) mass is 323 g/mol. The van der Waals surface area contributed by atoms with Crippen LogP contribution in [-0.2, 0) is 14.6 Å². The zero-order chi connectivity index (χ0) is 16.6. The molecule has 0 aliphatic heterocycles. The molecule has 0 fully saturated rings. The fourth-order valence-corrected chi connectivity index (χ4v) is 2.72. The lowest BCUT2D eigenvalue weighted by Crippen LogP contribution is -2.33. The number of aliphatic hydroxyl groups excluding tert-OH is 1. The van der Waals surface area contributed by atoms with Gasteiger partial charge in [-0.1, -0.05) is 36.4 Å². The second-order valence-corrected chi connectivity index (χ2v) is 6.21. The van der Waals surface area contributed by atoms with Gasteiger partial charge in [0.2, 0.25) is 9.84 Å². The van der Waals surface area contributed by atoms with Crippen LogP contribution < -0.4 is 5.73 Å². The van der Waals surface area contributed by atoms with Gasteiger partial charge in [0, 0.05) is 0 Å². The van der Waals surface area contributed by atoms with E-state index in [2.05, 4.69) is 0 Å². The molecule has 0 unspecified atom stereocenters. The highest BCUT2D eigenvalue weighted by Crippen LogP contribution is 2.19. The fraction of sp³-hybridized carbons (Fsp3) is 0.133. The van der Waals surface area contributed by atoms with Crippen LogP contribution in [-0.4, -0.2) is 37.2 Å². The number of carboxylic acid groups (broad SMARTS) is 1. The third kappa shape index (κ3) is 4.96. The van der Waals surface area contributed by atoms with E-state index in [0.29, 0.717) is 9.79 Å². The van der Waals surface area contributed by atoms with Crippen molar-refractivity contribution in [1.29, 1.82) is 0 Å². The van der Waals surface area contributed by atoms with Gasteiger partial charge in [0.05, 0.1) is 16.4 Å². The number of sulfone groups is 1. The van der Waals surface area contributed by atoms with Crippen LogP contribution in [0.25, 0.3) is 0 Å². The van der Waals surface area contributed by atoms with E-state index in [0.717, 1.165) is 0 Å². The third-order valence-corrected chi connectivity index (χ3v) is 4.41. The number of aliphatic carboxylic acids is 1. The summed E-state index contributed by atoms with van der Waals surface area (Å²) in [6, 6.07) is 15.7. The van der Waals surface area contributed by atoms with E-state index in [4.69, 9.17) is 15.9 Å². The molecule has 2 rings (SSSR count). The van der Waals surface area contributed by atoms with Crippen LogP contribution in [0.4, 0.5) is 0 Å². The summed E-state index contributed by atoms with van der Waals surface area (Å²) in [6.45, 7) is -0.505. The molecule has 0 aliphatic carbocycles. The zero-order valence-corrected chi connectivity index (χ0v) is 12.5. The number of carboxylic acids is 1. The Morgan fingerprint density at radius 1 is 0.955 bits per heavy atom. The number of hydrogen-bond donors (Lipinski definition) is 3. The minimum Gasteiger partial charge on any atom is -0.480 e. The third-order valence-electron chi connectivity index (χ3n) is 2.62. The Morgan fingerprint density at radius 3 is 1.55 bits per heavy atom. The maximum absolute atomic E-state index is 12.0. The van der Waals surface area contributed by atoms with Crippen molar-refractivity contribution in [2.75, 3.05) is 6.61 Å². The van der Waals surface area contributed by atoms with Crippen molar-refractivity contribution in [3.05, 3.63) is 60.7 Å². The van der Waals surface area contributed by atoms with Gasteiger partial charge < -0.3 is 15.9 Å². The van der Waals surface area contributed by atoms with Crippen LogP contribution in [0.15, 0.2) is 70.5 Å². The quantitative estimate of drug-likeness (QED) is 0.770. The first kappa shape index (κ1) is 17.8. The summed E-state index contributed by atoms with van der Waals surface area (Å²) in [5, 5.41) is 15.9. The molecule has 1 atom stereocenters. The first-order chi connectivity index (χ1) is 10.4. The lowest BCUT2D eigenvalue weighted by atomic mass is 10.3. The molecule has 118 valence electrons. The minimum absolute atomic E-state index is 0.330. The molecule has 0 spiro atoms. The van der Waals surface area contributed by atoms with Gasteiger partial charge in [-0.3, -0.25) is 4.79 Å². The number of aliphatic hydroxyl groups is 1. The van der Waals surface area contributed by atoms with Crippen molar-refractivity contribution < 1.29 is 23.4 Å². The van der Waals surface area contributed by atoms with Crippen LogP contribution in [0.2, 0.25) is 0 Å². The number of hydrogen-bond acceptors (Lipinski definition) is 5. The van der Waals surface area contributed by atoms with Gasteiger partial charge >= 0.3 is 5.97 Å². The topological polar surface area (TPSA) is 118 Å². The maximum Gasteiger partial charge on any atom is 0.322 e. The van der Waals surface area contributed by atoms with E-state index >= 15 is 0 Å². The summed E-state index contributed by atoms with van der Waals surface area (Å²) in [5.41, 5.74) is 4.77. The van der Waals surface area contributed by atoms with Crippen molar-refractivity contribution >= 4 is 15.8 Å². The summed E-state index contributed by atoms with van der Waals surface area (Å²) >= 11 is 0. The fourth-order valence-electron chi connectivity index (χ4n) is 1.41. The molecule has 0 saturated heterocycles. The summed E-state index contributed by atoms with van der Waals surface area (Å²) in [4.78, 5) is 10.3. The second-order valence-electron chi connectivity index (χ2n) is 4.26. The molecule has 2 aromatic carbocycles. The van der Waals surface area contributed by atoms with Gasteiger partial charge in [0.1, 0.15) is 6.04 Å². The predicted octanol–water partition coefficient (Wildman–Crippen LogP) is 0.910. The molecular formula is C15H17NO5S. The van der Waals surface area contributed by atoms with Crippen molar-refractivity contribution in [1.82, 2.24) is 0 Å². The number of rotatable bonds is 4. The standard InChI is InChI=1S/C12H10O2S.C3H7NO3/c13-15(14,11-7-3-1-4-8-11)12-9-5-2-6-10-12;4-2(1-5)3(6)7/h1-10H;2,5H,1,4H2,(H,6,7)/t;2-/m.0/s1. The summed E-state index contributed by atoms with van der Waals surface area (Å²) < 4.78 is 24.1. The van der Waals surface area contributed by atoms with Crippen LogP contribution in [0, 0.1) is 0 Å². The molecule has 0 amide bonds. The van der Waals surface area contributed by atoms with Crippen molar-refractivity contribution in [2.45, 2.75) is 15.8 Å². The molecule has 7 heteroatoms. The Bertz CT molecular complexity index is 641. The Balaban J connectivity index is 0.000000295. The molecule has 0 saturated carbocycles. The predicted molar refractivity (Wildman–Crippen MR) is 81.0 cm³/mol. The van der Waals surface area contributed by atoms with E-state index in [1.54, 1.807) is 60.7 Å². The molecule has 0 bridgehead atoms. The molecule has 0 heterocycles. The first-order valence-corrected chi connectivity index (χ1v) is 7.82. The van der Waals surface area contributed by atoms with Gasteiger partial charge in [-0.05, 0) is 24.3 Å². The van der Waals surface area contributed by atoms with E-state index in [9.17, 15) is 13.2 Å². The maximum atomic E-state index is 12.0. The molecule has 2 aromatic rings. The van der Waals surface area contributed by atoms with Crippen LogP contribution in [0.3, 0.4) is 0 Å². The Morgan fingerprint density at radius 2 is 1.32 bits per heavy atom. The Kier molecular flexibility index (Phi) is 6.71. The number of benzene rings is 2. The Hall–Kier alpha value is -2.22.